The molecule has 51 heavy (non-hydrogen) atoms. The molecule has 0 bridgehead atoms. The fraction of sp³-hybridized carbons (Fsp3) is 0.270. The van der Waals surface area contributed by atoms with Crippen LogP contribution < -0.4 is 19.8 Å². The molecule has 0 saturated carbocycles. The third-order valence-corrected chi connectivity index (χ3v) is 9.47. The summed E-state index contributed by atoms with van der Waals surface area (Å²) >= 11 is 0. The van der Waals surface area contributed by atoms with E-state index < -0.39 is 39.8 Å². The van der Waals surface area contributed by atoms with Crippen molar-refractivity contribution in [3.8, 4) is 6.07 Å². The molecule has 266 valence electrons. The second-order valence-electron chi connectivity index (χ2n) is 12.2. The number of nitrogens with zero attached hydrogens (tertiary/aromatic N) is 3. The van der Waals surface area contributed by atoms with Gasteiger partial charge in [0.05, 0.1) is 58.2 Å². The van der Waals surface area contributed by atoms with Crippen molar-refractivity contribution >= 4 is 38.9 Å². The van der Waals surface area contributed by atoms with Crippen LogP contribution in [0.5, 0.6) is 0 Å². The highest BCUT2D eigenvalue weighted by atomic mass is 32.2. The Hall–Kier alpha value is -5.23. The van der Waals surface area contributed by atoms with Crippen LogP contribution in [0, 0.1) is 11.3 Å². The van der Waals surface area contributed by atoms with Gasteiger partial charge in [0.1, 0.15) is 0 Å². The van der Waals surface area contributed by atoms with E-state index >= 15 is 0 Å². The number of hydrogen-bond acceptors (Lipinski definition) is 7. The quantitative estimate of drug-likeness (QED) is 0.170. The molecule has 0 radical (unpaired) electrons. The number of carbonyl (C=O) groups is 2. The third-order valence-electron chi connectivity index (χ3n) is 8.40. The molecule has 14 heteroatoms. The first-order chi connectivity index (χ1) is 24.3. The van der Waals surface area contributed by atoms with E-state index in [9.17, 15) is 41.5 Å². The van der Waals surface area contributed by atoms with E-state index in [2.05, 4.69) is 10.6 Å². The van der Waals surface area contributed by atoms with Crippen LogP contribution in [-0.4, -0.2) is 56.8 Å². The number of aliphatic hydroxyl groups is 1. The summed E-state index contributed by atoms with van der Waals surface area (Å²) in [5.41, 5.74) is 0.958. The van der Waals surface area contributed by atoms with Gasteiger partial charge in [-0.05, 0) is 66.4 Å². The number of carbonyl (C=O) groups excluding carboxylic acids is 2. The molecule has 10 nitrogen and oxygen atoms in total. The van der Waals surface area contributed by atoms with Crippen molar-refractivity contribution in [3.05, 3.63) is 125 Å². The summed E-state index contributed by atoms with van der Waals surface area (Å²) in [5, 5.41) is 26.5. The van der Waals surface area contributed by atoms with Crippen LogP contribution in [0.15, 0.2) is 97.1 Å². The lowest BCUT2D eigenvalue weighted by Crippen LogP contribution is -2.49. The largest absolute Gasteiger partial charge is 0.416 e. The highest BCUT2D eigenvalue weighted by Crippen LogP contribution is 2.41. The van der Waals surface area contributed by atoms with E-state index in [1.165, 1.54) is 59.5 Å². The van der Waals surface area contributed by atoms with Gasteiger partial charge in [-0.3, -0.25) is 9.59 Å². The minimum Gasteiger partial charge on any atom is -0.390 e. The van der Waals surface area contributed by atoms with E-state index in [1.807, 2.05) is 24.3 Å². The summed E-state index contributed by atoms with van der Waals surface area (Å²) < 4.78 is 67.3. The van der Waals surface area contributed by atoms with Gasteiger partial charge >= 0.3 is 6.18 Å². The molecule has 1 aliphatic heterocycles. The van der Waals surface area contributed by atoms with Crippen molar-refractivity contribution in [1.82, 2.24) is 10.6 Å². The molecule has 3 N–H and O–H groups in total. The first kappa shape index (κ1) is 37.0. The Bertz CT molecular complexity index is 2020. The van der Waals surface area contributed by atoms with Crippen LogP contribution in [0.1, 0.15) is 45.5 Å². The Labute approximate surface area is 294 Å². The van der Waals surface area contributed by atoms with Crippen molar-refractivity contribution in [2.75, 3.05) is 28.6 Å². The molecular weight excluding hydrogens is 683 g/mol. The van der Waals surface area contributed by atoms with Crippen LogP contribution in [0.4, 0.5) is 30.2 Å². The van der Waals surface area contributed by atoms with Gasteiger partial charge in [0.2, 0.25) is 15.9 Å². The summed E-state index contributed by atoms with van der Waals surface area (Å²) in [7, 11) is -4.05. The standard InChI is InChI=1S/C37H36F3N5O5S/c1-51(49,50)45(29-17-15-26(22-41)16-18-29)32-13-6-12-30(35(32)44-19-7-14-34(44)47)36(48)43-31(21-25-8-3-2-4-9-25)33(46)24-42-23-27-10-5-11-28(20-27)37(38,39)40/h2-6,8-13,15-18,20,31,33,42,46H,7,14,19,21,23-24H2,1H3,(H,43,48)/t31-,33+/m0/s1. The van der Waals surface area contributed by atoms with Crippen LogP contribution in [-0.2, 0) is 34.0 Å². The van der Waals surface area contributed by atoms with Crippen molar-refractivity contribution in [2.24, 2.45) is 0 Å². The van der Waals surface area contributed by atoms with Crippen LogP contribution in [0.2, 0.25) is 0 Å². The summed E-state index contributed by atoms with van der Waals surface area (Å²) in [4.78, 5) is 28.8. The number of rotatable bonds is 13. The average molecular weight is 720 g/mol. The second-order valence-corrected chi connectivity index (χ2v) is 14.0. The van der Waals surface area contributed by atoms with E-state index in [0.717, 1.165) is 28.3 Å². The van der Waals surface area contributed by atoms with Crippen molar-refractivity contribution in [3.63, 3.8) is 0 Å². The molecule has 1 saturated heterocycles. The molecule has 0 aliphatic carbocycles. The Morgan fingerprint density at radius 2 is 1.69 bits per heavy atom. The number of nitriles is 1. The predicted octanol–water partition coefficient (Wildman–Crippen LogP) is 5.29. The topological polar surface area (TPSA) is 143 Å². The fourth-order valence-corrected chi connectivity index (χ4v) is 7.00. The summed E-state index contributed by atoms with van der Waals surface area (Å²) in [6.45, 7) is 0.162. The van der Waals surface area contributed by atoms with Gasteiger partial charge in [-0.15, -0.1) is 0 Å². The Kier molecular flexibility index (Phi) is 11.4. The summed E-state index contributed by atoms with van der Waals surface area (Å²) in [6, 6.07) is 25.3. The number of hydrogen-bond donors (Lipinski definition) is 3. The van der Waals surface area contributed by atoms with Crippen LogP contribution in [0.25, 0.3) is 0 Å². The second kappa shape index (κ2) is 15.8. The Morgan fingerprint density at radius 1 is 1.00 bits per heavy atom. The Morgan fingerprint density at radius 3 is 2.31 bits per heavy atom. The molecule has 5 rings (SSSR count). The first-order valence-corrected chi connectivity index (χ1v) is 17.9. The highest BCUT2D eigenvalue weighted by Gasteiger charge is 2.34. The van der Waals surface area contributed by atoms with Crippen molar-refractivity contribution in [2.45, 2.75) is 44.1 Å². The highest BCUT2D eigenvalue weighted by molar-refractivity contribution is 7.92. The summed E-state index contributed by atoms with van der Waals surface area (Å²) in [6.07, 6.45) is -3.87. The van der Waals surface area contributed by atoms with Gasteiger partial charge in [-0.2, -0.15) is 18.4 Å². The monoisotopic (exact) mass is 719 g/mol. The molecule has 0 aromatic heterocycles. The number of anilines is 3. The lowest BCUT2D eigenvalue weighted by Gasteiger charge is -2.30. The number of sulfonamides is 1. The fourth-order valence-electron chi connectivity index (χ4n) is 5.99. The molecule has 2 amide bonds. The van der Waals surface area contributed by atoms with E-state index in [-0.39, 0.29) is 61.0 Å². The lowest BCUT2D eigenvalue weighted by atomic mass is 9.99. The maximum absolute atomic E-state index is 14.2. The number of alkyl halides is 3. The molecule has 4 aromatic carbocycles. The summed E-state index contributed by atoms with van der Waals surface area (Å²) in [5.74, 6) is -0.984. The van der Waals surface area contributed by atoms with Gasteiger partial charge in [-0.25, -0.2) is 12.7 Å². The number of nitrogens with one attached hydrogen (secondary N) is 2. The Balaban J connectivity index is 1.47. The van der Waals surface area contributed by atoms with Crippen molar-refractivity contribution < 1.29 is 36.3 Å². The van der Waals surface area contributed by atoms with Crippen LogP contribution in [0.3, 0.4) is 0 Å². The van der Waals surface area contributed by atoms with Gasteiger partial charge in [0.15, 0.2) is 0 Å². The number of para-hydroxylation sites is 1. The van der Waals surface area contributed by atoms with Gasteiger partial charge in [-0.1, -0.05) is 54.6 Å². The van der Waals surface area contributed by atoms with E-state index in [0.29, 0.717) is 17.5 Å². The number of amides is 2. The van der Waals surface area contributed by atoms with E-state index in [4.69, 9.17) is 0 Å². The normalized spacial score (nSPS) is 14.5. The number of aliphatic hydroxyl groups excluding tert-OH is 1. The van der Waals surface area contributed by atoms with Crippen LogP contribution >= 0.6 is 0 Å². The SMILES string of the molecule is CS(=O)(=O)N(c1ccc(C#N)cc1)c1cccc(C(=O)N[C@@H](Cc2ccccc2)[C@H](O)CNCc2cccc(C(F)(F)F)c2)c1N1CCCC1=O. The first-order valence-electron chi connectivity index (χ1n) is 16.1. The molecule has 0 spiro atoms. The zero-order valence-electron chi connectivity index (χ0n) is 27.6. The molecule has 4 aromatic rings. The lowest BCUT2D eigenvalue weighted by molar-refractivity contribution is -0.137. The minimum absolute atomic E-state index is 0.00719. The maximum Gasteiger partial charge on any atom is 0.416 e. The average Bonchev–Trinajstić information content (AvgIpc) is 3.53. The molecular formula is C37H36F3N5O5S. The molecule has 0 unspecified atom stereocenters. The maximum atomic E-state index is 14.2. The molecule has 1 fully saturated rings. The van der Waals surface area contributed by atoms with Gasteiger partial charge < -0.3 is 20.6 Å². The van der Waals surface area contributed by atoms with Gasteiger partial charge in [0.25, 0.3) is 5.91 Å². The predicted molar refractivity (Wildman–Crippen MR) is 187 cm³/mol. The van der Waals surface area contributed by atoms with Crippen molar-refractivity contribution in [1.29, 1.82) is 5.26 Å². The third kappa shape index (κ3) is 9.12. The smallest absolute Gasteiger partial charge is 0.390 e. The zero-order chi connectivity index (χ0) is 36.8. The molecule has 1 aliphatic rings. The molecule has 2 atom stereocenters. The minimum atomic E-state index is -4.50. The number of halogens is 3. The van der Waals surface area contributed by atoms with Gasteiger partial charge in [0, 0.05) is 26.1 Å². The number of benzene rings is 4. The zero-order valence-corrected chi connectivity index (χ0v) is 28.4. The molecule has 1 heterocycles. The van der Waals surface area contributed by atoms with E-state index in [1.54, 1.807) is 12.1 Å².